The van der Waals surface area contributed by atoms with Gasteiger partial charge in [0.15, 0.2) is 0 Å². The van der Waals surface area contributed by atoms with Gasteiger partial charge in [0.2, 0.25) is 0 Å². The lowest BCUT2D eigenvalue weighted by Gasteiger charge is -2.05. The number of hydrogen-bond donors (Lipinski definition) is 1. The normalized spacial score (nSPS) is 9.93. The van der Waals surface area contributed by atoms with Gasteiger partial charge in [-0.05, 0) is 37.1 Å². The van der Waals surface area contributed by atoms with E-state index in [0.29, 0.717) is 19.6 Å². The Labute approximate surface area is 90.2 Å². The molecule has 0 saturated heterocycles. The van der Waals surface area contributed by atoms with Crippen molar-refractivity contribution in [3.8, 4) is 5.75 Å². The Kier molecular flexibility index (Phi) is 5.48. The van der Waals surface area contributed by atoms with E-state index in [0.717, 1.165) is 30.4 Å². The predicted molar refractivity (Wildman–Crippen MR) is 60.0 cm³/mol. The van der Waals surface area contributed by atoms with Crippen molar-refractivity contribution in [1.29, 1.82) is 0 Å². The fraction of sp³-hybridized carbons (Fsp3) is 0.417. The zero-order valence-electron chi connectivity index (χ0n) is 8.82. The van der Waals surface area contributed by atoms with Crippen molar-refractivity contribution < 1.29 is 9.53 Å². The lowest BCUT2D eigenvalue weighted by molar-refractivity contribution is -0.107. The lowest BCUT2D eigenvalue weighted by Crippen LogP contribution is -2.03. The number of benzene rings is 1. The van der Waals surface area contributed by atoms with Gasteiger partial charge in [-0.15, -0.1) is 0 Å². The monoisotopic (exact) mass is 207 g/mol. The number of nitrogens with two attached hydrogens (primary N) is 1. The molecule has 0 aromatic heterocycles. The Hall–Kier alpha value is -1.35. The molecule has 1 aromatic carbocycles. The molecule has 0 spiro atoms. The standard InChI is InChI=1S/C12H17NO2/c13-8-1-2-10-15-12-5-3-11(4-6-12)7-9-14/h3-6,9H,1-2,7-8,10,13H2. The van der Waals surface area contributed by atoms with Crippen LogP contribution >= 0.6 is 0 Å². The Morgan fingerprint density at radius 1 is 1.20 bits per heavy atom. The minimum Gasteiger partial charge on any atom is -0.494 e. The molecule has 2 N–H and O–H groups in total. The van der Waals surface area contributed by atoms with E-state index in [1.807, 2.05) is 24.3 Å². The van der Waals surface area contributed by atoms with E-state index >= 15 is 0 Å². The van der Waals surface area contributed by atoms with E-state index in [-0.39, 0.29) is 0 Å². The molecule has 0 aliphatic carbocycles. The molecule has 1 aromatic rings. The van der Waals surface area contributed by atoms with Gasteiger partial charge in [-0.3, -0.25) is 0 Å². The molecular formula is C12H17NO2. The number of hydrogen-bond acceptors (Lipinski definition) is 3. The summed E-state index contributed by atoms with van der Waals surface area (Å²) in [7, 11) is 0. The van der Waals surface area contributed by atoms with Crippen LogP contribution in [0.2, 0.25) is 0 Å². The van der Waals surface area contributed by atoms with E-state index in [4.69, 9.17) is 10.5 Å². The topological polar surface area (TPSA) is 52.3 Å². The minimum absolute atomic E-state index is 0.466. The molecule has 15 heavy (non-hydrogen) atoms. The summed E-state index contributed by atoms with van der Waals surface area (Å²) in [6.45, 7) is 1.41. The number of carbonyl (C=O) groups excluding carboxylic acids is 1. The molecule has 0 aliphatic heterocycles. The minimum atomic E-state index is 0.466. The first kappa shape index (κ1) is 11.7. The molecule has 0 fully saturated rings. The van der Waals surface area contributed by atoms with E-state index in [1.54, 1.807) is 0 Å². The molecule has 0 saturated carbocycles. The number of ether oxygens (including phenoxy) is 1. The lowest BCUT2D eigenvalue weighted by atomic mass is 10.2. The van der Waals surface area contributed by atoms with E-state index < -0.39 is 0 Å². The Morgan fingerprint density at radius 3 is 2.53 bits per heavy atom. The van der Waals surface area contributed by atoms with Crippen LogP contribution in [0.15, 0.2) is 24.3 Å². The van der Waals surface area contributed by atoms with Gasteiger partial charge in [-0.25, -0.2) is 0 Å². The third-order valence-electron chi connectivity index (χ3n) is 2.11. The van der Waals surface area contributed by atoms with Crippen LogP contribution in [0.1, 0.15) is 18.4 Å². The van der Waals surface area contributed by atoms with Crippen molar-refractivity contribution in [2.45, 2.75) is 19.3 Å². The van der Waals surface area contributed by atoms with Crippen molar-refractivity contribution in [2.75, 3.05) is 13.2 Å². The highest BCUT2D eigenvalue weighted by molar-refractivity contribution is 5.55. The van der Waals surface area contributed by atoms with Crippen LogP contribution in [-0.4, -0.2) is 19.4 Å². The van der Waals surface area contributed by atoms with E-state index in [2.05, 4.69) is 0 Å². The van der Waals surface area contributed by atoms with Gasteiger partial charge >= 0.3 is 0 Å². The average Bonchev–Trinajstić information content (AvgIpc) is 2.27. The number of carbonyl (C=O) groups is 1. The van der Waals surface area contributed by atoms with Crippen molar-refractivity contribution >= 4 is 6.29 Å². The summed E-state index contributed by atoms with van der Waals surface area (Å²) in [5, 5.41) is 0. The van der Waals surface area contributed by atoms with E-state index in [1.165, 1.54) is 0 Å². The van der Waals surface area contributed by atoms with Crippen LogP contribution in [0.4, 0.5) is 0 Å². The van der Waals surface area contributed by atoms with Crippen LogP contribution < -0.4 is 10.5 Å². The Bertz CT molecular complexity index is 282. The number of rotatable bonds is 7. The quantitative estimate of drug-likeness (QED) is 0.545. The summed E-state index contributed by atoms with van der Waals surface area (Å²) < 4.78 is 5.50. The second-order valence-electron chi connectivity index (χ2n) is 3.36. The Balaban J connectivity index is 2.32. The second kappa shape index (κ2) is 7.01. The van der Waals surface area contributed by atoms with Crippen LogP contribution in [0.25, 0.3) is 0 Å². The van der Waals surface area contributed by atoms with Crippen molar-refractivity contribution in [3.05, 3.63) is 29.8 Å². The summed E-state index contributed by atoms with van der Waals surface area (Å²) in [5.41, 5.74) is 6.39. The summed E-state index contributed by atoms with van der Waals surface area (Å²) in [5.74, 6) is 0.849. The third kappa shape index (κ3) is 4.61. The molecule has 1 rings (SSSR count). The van der Waals surface area contributed by atoms with Gasteiger partial charge in [0.1, 0.15) is 12.0 Å². The Morgan fingerprint density at radius 2 is 1.93 bits per heavy atom. The maximum Gasteiger partial charge on any atom is 0.124 e. The molecule has 0 bridgehead atoms. The molecule has 82 valence electrons. The number of aldehydes is 1. The fourth-order valence-electron chi connectivity index (χ4n) is 1.25. The molecule has 0 aliphatic rings. The highest BCUT2D eigenvalue weighted by Crippen LogP contribution is 2.12. The zero-order valence-corrected chi connectivity index (χ0v) is 8.82. The largest absolute Gasteiger partial charge is 0.494 e. The molecule has 0 radical (unpaired) electrons. The maximum atomic E-state index is 10.3. The summed E-state index contributed by atoms with van der Waals surface area (Å²) >= 11 is 0. The first-order chi connectivity index (χ1) is 7.36. The molecule has 0 atom stereocenters. The third-order valence-corrected chi connectivity index (χ3v) is 2.11. The molecular weight excluding hydrogens is 190 g/mol. The van der Waals surface area contributed by atoms with Gasteiger partial charge in [-0.1, -0.05) is 12.1 Å². The van der Waals surface area contributed by atoms with Crippen molar-refractivity contribution in [3.63, 3.8) is 0 Å². The second-order valence-corrected chi connectivity index (χ2v) is 3.36. The van der Waals surface area contributed by atoms with Gasteiger partial charge < -0.3 is 15.3 Å². The van der Waals surface area contributed by atoms with Gasteiger partial charge in [0.25, 0.3) is 0 Å². The zero-order chi connectivity index (χ0) is 10.9. The van der Waals surface area contributed by atoms with Crippen LogP contribution in [0.3, 0.4) is 0 Å². The molecule has 0 amide bonds. The van der Waals surface area contributed by atoms with Crippen LogP contribution in [-0.2, 0) is 11.2 Å². The first-order valence-electron chi connectivity index (χ1n) is 5.22. The molecule has 0 unspecified atom stereocenters. The number of unbranched alkanes of at least 4 members (excludes halogenated alkanes) is 1. The van der Waals surface area contributed by atoms with Crippen LogP contribution in [0.5, 0.6) is 5.75 Å². The highest BCUT2D eigenvalue weighted by atomic mass is 16.5. The predicted octanol–water partition coefficient (Wildman–Crippen LogP) is 1.55. The molecule has 3 nitrogen and oxygen atoms in total. The van der Waals surface area contributed by atoms with Gasteiger partial charge in [0.05, 0.1) is 6.61 Å². The fourth-order valence-corrected chi connectivity index (χ4v) is 1.25. The van der Waals surface area contributed by atoms with Crippen molar-refractivity contribution in [1.82, 2.24) is 0 Å². The molecule has 3 heteroatoms. The summed E-state index contributed by atoms with van der Waals surface area (Å²) in [6, 6.07) is 7.60. The summed E-state index contributed by atoms with van der Waals surface area (Å²) in [6.07, 6.45) is 3.33. The van der Waals surface area contributed by atoms with E-state index in [9.17, 15) is 4.79 Å². The SMILES string of the molecule is NCCCCOc1ccc(CC=O)cc1. The highest BCUT2D eigenvalue weighted by Gasteiger charge is 1.95. The summed E-state index contributed by atoms with van der Waals surface area (Å²) in [4.78, 5) is 10.3. The van der Waals surface area contributed by atoms with Crippen LogP contribution in [0, 0.1) is 0 Å². The smallest absolute Gasteiger partial charge is 0.124 e. The average molecular weight is 207 g/mol. The maximum absolute atomic E-state index is 10.3. The van der Waals surface area contributed by atoms with Crippen molar-refractivity contribution in [2.24, 2.45) is 5.73 Å². The molecule has 0 heterocycles. The van der Waals surface area contributed by atoms with Gasteiger partial charge in [-0.2, -0.15) is 0 Å². The first-order valence-corrected chi connectivity index (χ1v) is 5.22. The van der Waals surface area contributed by atoms with Gasteiger partial charge in [0, 0.05) is 6.42 Å².